The number of amides is 1. The standard InChI is InChI=1S/C16H19N3O6S2/c1-4-19(10(2)20)16-18-11(9-26-16)8-25-15(21)13-7-12(27(17,22)23)5-6-14(13)24-3/h5-7,9H,4,8H2,1-3H3,(H2,17,22,23). The van der Waals surface area contributed by atoms with Crippen LogP contribution in [0, 0.1) is 0 Å². The number of anilines is 1. The lowest BCUT2D eigenvalue weighted by atomic mass is 10.2. The number of rotatable bonds is 7. The topological polar surface area (TPSA) is 129 Å². The molecule has 146 valence electrons. The molecule has 27 heavy (non-hydrogen) atoms. The SMILES string of the molecule is CCN(C(C)=O)c1nc(COC(=O)c2cc(S(N)(=O)=O)ccc2OC)cs1. The Morgan fingerprint density at radius 1 is 1.33 bits per heavy atom. The van der Waals surface area contributed by atoms with Gasteiger partial charge in [0.2, 0.25) is 15.9 Å². The molecule has 0 unspecified atom stereocenters. The number of thiazole rings is 1. The second-order valence-corrected chi connectivity index (χ2v) is 7.77. The summed E-state index contributed by atoms with van der Waals surface area (Å²) in [6.07, 6.45) is 0. The van der Waals surface area contributed by atoms with E-state index in [1.165, 1.54) is 42.4 Å². The molecular weight excluding hydrogens is 394 g/mol. The number of sulfonamides is 1. The summed E-state index contributed by atoms with van der Waals surface area (Å²) in [7, 11) is -2.64. The Labute approximate surface area is 160 Å². The lowest BCUT2D eigenvalue weighted by Gasteiger charge is -2.14. The molecule has 0 aliphatic rings. The van der Waals surface area contributed by atoms with Crippen LogP contribution in [-0.2, 0) is 26.2 Å². The molecule has 0 saturated heterocycles. The maximum atomic E-state index is 12.4. The monoisotopic (exact) mass is 413 g/mol. The molecule has 0 aliphatic carbocycles. The summed E-state index contributed by atoms with van der Waals surface area (Å²) in [5, 5.41) is 7.27. The number of benzene rings is 1. The number of carbonyl (C=O) groups excluding carboxylic acids is 2. The van der Waals surface area contributed by atoms with E-state index in [0.29, 0.717) is 17.4 Å². The van der Waals surface area contributed by atoms with Crippen LogP contribution < -0.4 is 14.8 Å². The lowest BCUT2D eigenvalue weighted by Crippen LogP contribution is -2.27. The van der Waals surface area contributed by atoms with Crippen molar-refractivity contribution in [3.05, 3.63) is 34.8 Å². The third kappa shape index (κ3) is 5.02. The van der Waals surface area contributed by atoms with Gasteiger partial charge in [-0.05, 0) is 25.1 Å². The lowest BCUT2D eigenvalue weighted by molar-refractivity contribution is -0.116. The van der Waals surface area contributed by atoms with E-state index in [0.717, 1.165) is 6.07 Å². The van der Waals surface area contributed by atoms with E-state index in [4.69, 9.17) is 14.6 Å². The smallest absolute Gasteiger partial charge is 0.342 e. The van der Waals surface area contributed by atoms with Gasteiger partial charge in [-0.15, -0.1) is 11.3 Å². The van der Waals surface area contributed by atoms with Gasteiger partial charge in [-0.3, -0.25) is 9.69 Å². The molecule has 11 heteroatoms. The Hall–Kier alpha value is -2.50. The Balaban J connectivity index is 2.17. The fourth-order valence-electron chi connectivity index (χ4n) is 2.22. The van der Waals surface area contributed by atoms with Crippen LogP contribution >= 0.6 is 11.3 Å². The van der Waals surface area contributed by atoms with Crippen LogP contribution in [-0.4, -0.2) is 38.9 Å². The Morgan fingerprint density at radius 3 is 2.59 bits per heavy atom. The van der Waals surface area contributed by atoms with Gasteiger partial charge in [0.05, 0.1) is 17.7 Å². The number of methoxy groups -OCH3 is 1. The first-order chi connectivity index (χ1) is 12.7. The average Bonchev–Trinajstić information content (AvgIpc) is 3.07. The van der Waals surface area contributed by atoms with Crippen LogP contribution in [0.15, 0.2) is 28.5 Å². The van der Waals surface area contributed by atoms with Gasteiger partial charge < -0.3 is 9.47 Å². The first kappa shape index (κ1) is 20.8. The maximum Gasteiger partial charge on any atom is 0.342 e. The van der Waals surface area contributed by atoms with Gasteiger partial charge in [0.1, 0.15) is 17.9 Å². The molecule has 0 aliphatic heterocycles. The molecule has 0 radical (unpaired) electrons. The second-order valence-electron chi connectivity index (χ2n) is 5.37. The van der Waals surface area contributed by atoms with Crippen molar-refractivity contribution in [3.8, 4) is 5.75 Å². The van der Waals surface area contributed by atoms with Crippen LogP contribution in [0.5, 0.6) is 5.75 Å². The molecule has 0 atom stereocenters. The number of esters is 1. The fourth-order valence-corrected chi connectivity index (χ4v) is 3.68. The number of carbonyl (C=O) groups is 2. The van der Waals surface area contributed by atoms with E-state index in [1.54, 1.807) is 5.38 Å². The van der Waals surface area contributed by atoms with Gasteiger partial charge >= 0.3 is 5.97 Å². The summed E-state index contributed by atoms with van der Waals surface area (Å²) in [5.74, 6) is -0.772. The highest BCUT2D eigenvalue weighted by Crippen LogP contribution is 2.24. The van der Waals surface area contributed by atoms with Crippen LogP contribution in [0.4, 0.5) is 5.13 Å². The molecule has 1 aromatic heterocycles. The van der Waals surface area contributed by atoms with Crippen molar-refractivity contribution in [2.24, 2.45) is 5.14 Å². The quantitative estimate of drug-likeness (QED) is 0.681. The number of hydrogen-bond acceptors (Lipinski definition) is 8. The predicted octanol–water partition coefficient (Wildman–Crippen LogP) is 1.53. The Morgan fingerprint density at radius 2 is 2.04 bits per heavy atom. The summed E-state index contributed by atoms with van der Waals surface area (Å²) in [4.78, 5) is 29.4. The van der Waals surface area contributed by atoms with Gasteiger partial charge in [0.25, 0.3) is 0 Å². The van der Waals surface area contributed by atoms with Crippen molar-refractivity contribution >= 4 is 38.4 Å². The van der Waals surface area contributed by atoms with Crippen LogP contribution in [0.1, 0.15) is 29.9 Å². The zero-order chi connectivity index (χ0) is 20.2. The van der Waals surface area contributed by atoms with Gasteiger partial charge in [0, 0.05) is 18.8 Å². The highest BCUT2D eigenvalue weighted by molar-refractivity contribution is 7.89. The third-order valence-electron chi connectivity index (χ3n) is 3.54. The van der Waals surface area contributed by atoms with E-state index >= 15 is 0 Å². The number of hydrogen-bond donors (Lipinski definition) is 1. The van der Waals surface area contributed by atoms with Gasteiger partial charge in [-0.1, -0.05) is 0 Å². The van der Waals surface area contributed by atoms with Gasteiger partial charge in [-0.2, -0.15) is 0 Å². The molecule has 0 spiro atoms. The molecular formula is C16H19N3O6S2. The van der Waals surface area contributed by atoms with E-state index < -0.39 is 16.0 Å². The molecule has 0 bridgehead atoms. The number of ether oxygens (including phenoxy) is 2. The fraction of sp³-hybridized carbons (Fsp3) is 0.312. The Kier molecular flexibility index (Phi) is 6.52. The largest absolute Gasteiger partial charge is 0.496 e. The minimum absolute atomic E-state index is 0.0709. The highest BCUT2D eigenvalue weighted by Gasteiger charge is 2.19. The predicted molar refractivity (Wildman–Crippen MR) is 99.3 cm³/mol. The molecule has 0 fully saturated rings. The summed E-state index contributed by atoms with van der Waals surface area (Å²) >= 11 is 1.25. The summed E-state index contributed by atoms with van der Waals surface area (Å²) in [5.41, 5.74) is 0.392. The molecule has 1 amide bonds. The molecule has 9 nitrogen and oxygen atoms in total. The first-order valence-electron chi connectivity index (χ1n) is 7.77. The van der Waals surface area contributed by atoms with E-state index in [1.807, 2.05) is 6.92 Å². The third-order valence-corrected chi connectivity index (χ3v) is 5.36. The maximum absolute atomic E-state index is 12.4. The van der Waals surface area contributed by atoms with E-state index in [-0.39, 0.29) is 28.7 Å². The molecule has 1 aromatic carbocycles. The van der Waals surface area contributed by atoms with Crippen molar-refractivity contribution in [1.29, 1.82) is 0 Å². The number of nitrogens with zero attached hydrogens (tertiary/aromatic N) is 2. The normalized spacial score (nSPS) is 11.1. The average molecular weight is 413 g/mol. The molecule has 2 aromatic rings. The van der Waals surface area contributed by atoms with Gasteiger partial charge in [-0.25, -0.2) is 23.3 Å². The van der Waals surface area contributed by atoms with Crippen LogP contribution in [0.25, 0.3) is 0 Å². The van der Waals surface area contributed by atoms with Gasteiger partial charge in [0.15, 0.2) is 5.13 Å². The first-order valence-corrected chi connectivity index (χ1v) is 10.2. The van der Waals surface area contributed by atoms with E-state index in [9.17, 15) is 18.0 Å². The van der Waals surface area contributed by atoms with Crippen LogP contribution in [0.2, 0.25) is 0 Å². The summed E-state index contributed by atoms with van der Waals surface area (Å²) in [6.45, 7) is 3.59. The van der Waals surface area contributed by atoms with Crippen molar-refractivity contribution < 1.29 is 27.5 Å². The Bertz CT molecular complexity index is 955. The number of aromatic nitrogens is 1. The van der Waals surface area contributed by atoms with Crippen LogP contribution in [0.3, 0.4) is 0 Å². The van der Waals surface area contributed by atoms with Crippen molar-refractivity contribution in [3.63, 3.8) is 0 Å². The van der Waals surface area contributed by atoms with Crippen molar-refractivity contribution in [2.75, 3.05) is 18.6 Å². The zero-order valence-electron chi connectivity index (χ0n) is 15.0. The second kappa shape index (κ2) is 8.46. The van der Waals surface area contributed by atoms with Crippen molar-refractivity contribution in [2.45, 2.75) is 25.3 Å². The molecule has 1 heterocycles. The minimum Gasteiger partial charge on any atom is -0.496 e. The number of primary sulfonamides is 1. The van der Waals surface area contributed by atoms with Crippen molar-refractivity contribution in [1.82, 2.24) is 4.98 Å². The summed E-state index contributed by atoms with van der Waals surface area (Å²) in [6, 6.07) is 3.65. The zero-order valence-corrected chi connectivity index (χ0v) is 16.6. The summed E-state index contributed by atoms with van der Waals surface area (Å²) < 4.78 is 33.2. The molecule has 2 rings (SSSR count). The minimum atomic E-state index is -3.98. The number of nitrogens with two attached hydrogens (primary N) is 1. The van der Waals surface area contributed by atoms with E-state index in [2.05, 4.69) is 4.98 Å². The molecule has 0 saturated carbocycles. The highest BCUT2D eigenvalue weighted by atomic mass is 32.2. The molecule has 2 N–H and O–H groups in total.